The number of methoxy groups -OCH3 is 1. The monoisotopic (exact) mass is 483 g/mol. The standard InChI is InChI=1S/C24H19BrFNO4/c1-31-24(30)27(21(23(28)29)13-14-12-15(25)10-11-20(14)26)22-18-8-4-2-6-16(18)17-7-3-5-9-19(17)22/h2-12,21-22H,13H2,1H3,(H,28,29)/t21-/m0/s1. The third-order valence-electron chi connectivity index (χ3n) is 5.51. The van der Waals surface area contributed by atoms with E-state index >= 15 is 0 Å². The summed E-state index contributed by atoms with van der Waals surface area (Å²) in [6.45, 7) is 0. The van der Waals surface area contributed by atoms with Crippen molar-refractivity contribution in [1.29, 1.82) is 0 Å². The minimum absolute atomic E-state index is 0.190. The number of carboxylic acid groups (broad SMARTS) is 1. The van der Waals surface area contributed by atoms with Gasteiger partial charge in [-0.2, -0.15) is 0 Å². The van der Waals surface area contributed by atoms with E-state index < -0.39 is 30.0 Å². The molecule has 7 heteroatoms. The Morgan fingerprint density at radius 2 is 1.65 bits per heavy atom. The lowest BCUT2D eigenvalue weighted by molar-refractivity contribution is -0.143. The number of rotatable bonds is 5. The molecule has 0 heterocycles. The molecule has 4 rings (SSSR count). The van der Waals surface area contributed by atoms with Crippen molar-refractivity contribution in [2.45, 2.75) is 18.5 Å². The second-order valence-electron chi connectivity index (χ2n) is 7.25. The van der Waals surface area contributed by atoms with Crippen LogP contribution in [0.25, 0.3) is 11.1 Å². The molecule has 5 nitrogen and oxygen atoms in total. The SMILES string of the molecule is COC(=O)N(C1c2ccccc2-c2ccccc21)[C@@H](Cc1cc(Br)ccc1F)C(=O)O. The molecule has 1 aliphatic rings. The van der Waals surface area contributed by atoms with Crippen LogP contribution in [0.5, 0.6) is 0 Å². The second-order valence-corrected chi connectivity index (χ2v) is 8.16. The molecule has 0 radical (unpaired) electrons. The number of ether oxygens (including phenoxy) is 1. The van der Waals surface area contributed by atoms with Crippen LogP contribution in [0.3, 0.4) is 0 Å². The Morgan fingerprint density at radius 1 is 1.06 bits per heavy atom. The number of halogens is 2. The predicted molar refractivity (Wildman–Crippen MR) is 117 cm³/mol. The zero-order chi connectivity index (χ0) is 22.1. The van der Waals surface area contributed by atoms with Crippen molar-refractivity contribution in [1.82, 2.24) is 4.90 Å². The molecular formula is C24H19BrFNO4. The summed E-state index contributed by atoms with van der Waals surface area (Å²) >= 11 is 3.29. The van der Waals surface area contributed by atoms with Gasteiger partial charge in [0.1, 0.15) is 11.9 Å². The van der Waals surface area contributed by atoms with E-state index in [-0.39, 0.29) is 12.0 Å². The number of amides is 1. The number of hydrogen-bond donors (Lipinski definition) is 1. The number of carbonyl (C=O) groups is 2. The second kappa shape index (κ2) is 8.51. The lowest BCUT2D eigenvalue weighted by atomic mass is 9.98. The van der Waals surface area contributed by atoms with Gasteiger partial charge < -0.3 is 9.84 Å². The van der Waals surface area contributed by atoms with E-state index in [1.807, 2.05) is 48.5 Å². The van der Waals surface area contributed by atoms with Crippen LogP contribution in [-0.2, 0) is 16.0 Å². The van der Waals surface area contributed by atoms with Crippen molar-refractivity contribution >= 4 is 28.0 Å². The van der Waals surface area contributed by atoms with Crippen molar-refractivity contribution in [2.75, 3.05) is 7.11 Å². The van der Waals surface area contributed by atoms with Gasteiger partial charge in [-0.25, -0.2) is 14.0 Å². The first kappa shape index (κ1) is 21.1. The molecule has 0 bridgehead atoms. The van der Waals surface area contributed by atoms with Gasteiger partial charge in [0.25, 0.3) is 0 Å². The number of nitrogens with zero attached hydrogens (tertiary/aromatic N) is 1. The van der Waals surface area contributed by atoms with E-state index in [0.717, 1.165) is 22.3 Å². The maximum absolute atomic E-state index is 14.4. The van der Waals surface area contributed by atoms with E-state index in [4.69, 9.17) is 4.74 Å². The maximum atomic E-state index is 14.4. The van der Waals surface area contributed by atoms with Crippen LogP contribution in [0, 0.1) is 5.82 Å². The highest BCUT2D eigenvalue weighted by Gasteiger charge is 2.42. The van der Waals surface area contributed by atoms with Crippen molar-refractivity contribution in [3.63, 3.8) is 0 Å². The Bertz CT molecular complexity index is 1120. The average molecular weight is 484 g/mol. The van der Waals surface area contributed by atoms with Crippen LogP contribution in [0.2, 0.25) is 0 Å². The highest BCUT2D eigenvalue weighted by atomic mass is 79.9. The Morgan fingerprint density at radius 3 is 2.19 bits per heavy atom. The summed E-state index contributed by atoms with van der Waals surface area (Å²) in [6.07, 6.45) is -1.00. The quantitative estimate of drug-likeness (QED) is 0.525. The molecule has 3 aromatic rings. The molecule has 31 heavy (non-hydrogen) atoms. The van der Waals surface area contributed by atoms with Gasteiger partial charge in [0, 0.05) is 10.9 Å². The van der Waals surface area contributed by atoms with Crippen molar-refractivity contribution < 1.29 is 23.8 Å². The molecule has 0 unspecified atom stereocenters. The molecule has 0 aromatic heterocycles. The third-order valence-corrected chi connectivity index (χ3v) is 6.00. The Kier molecular flexibility index (Phi) is 5.78. The molecule has 3 aromatic carbocycles. The smallest absolute Gasteiger partial charge is 0.411 e. The number of carbonyl (C=O) groups excluding carboxylic acids is 1. The molecule has 0 aliphatic heterocycles. The largest absolute Gasteiger partial charge is 0.480 e. The highest BCUT2D eigenvalue weighted by Crippen LogP contribution is 2.47. The van der Waals surface area contributed by atoms with Gasteiger partial charge in [-0.05, 0) is 46.0 Å². The normalized spacial score (nSPS) is 13.3. The molecule has 0 saturated carbocycles. The van der Waals surface area contributed by atoms with E-state index in [0.29, 0.717) is 4.47 Å². The maximum Gasteiger partial charge on any atom is 0.411 e. The zero-order valence-electron chi connectivity index (χ0n) is 16.6. The first-order valence-electron chi connectivity index (χ1n) is 9.63. The topological polar surface area (TPSA) is 66.8 Å². The summed E-state index contributed by atoms with van der Waals surface area (Å²) in [6, 6.07) is 17.4. The molecule has 1 aliphatic carbocycles. The van der Waals surface area contributed by atoms with Crippen LogP contribution >= 0.6 is 15.9 Å². The van der Waals surface area contributed by atoms with Crippen molar-refractivity contribution in [3.8, 4) is 11.1 Å². The molecule has 0 fully saturated rings. The van der Waals surface area contributed by atoms with Gasteiger partial charge in [-0.3, -0.25) is 4.90 Å². The Hall–Kier alpha value is -3.19. The minimum Gasteiger partial charge on any atom is -0.480 e. The fraction of sp³-hybridized carbons (Fsp3) is 0.167. The number of carboxylic acids is 1. The molecule has 1 atom stereocenters. The van der Waals surface area contributed by atoms with Gasteiger partial charge >= 0.3 is 12.1 Å². The zero-order valence-corrected chi connectivity index (χ0v) is 18.2. The summed E-state index contributed by atoms with van der Waals surface area (Å²) in [4.78, 5) is 26.5. The number of aliphatic carboxylic acids is 1. The molecule has 1 N–H and O–H groups in total. The molecule has 0 saturated heterocycles. The van der Waals surface area contributed by atoms with Crippen molar-refractivity contribution in [3.05, 3.63) is 93.7 Å². The first-order valence-corrected chi connectivity index (χ1v) is 10.4. The fourth-order valence-corrected chi connectivity index (χ4v) is 4.57. The van der Waals surface area contributed by atoms with Gasteiger partial charge in [0.15, 0.2) is 0 Å². The molecule has 158 valence electrons. The van der Waals surface area contributed by atoms with Gasteiger partial charge in [-0.15, -0.1) is 0 Å². The summed E-state index contributed by atoms with van der Waals surface area (Å²) < 4.78 is 20.1. The summed E-state index contributed by atoms with van der Waals surface area (Å²) in [5.74, 6) is -1.78. The lowest BCUT2D eigenvalue weighted by Crippen LogP contribution is -2.48. The third kappa shape index (κ3) is 3.81. The van der Waals surface area contributed by atoms with E-state index in [1.165, 1.54) is 30.2 Å². The summed E-state index contributed by atoms with van der Waals surface area (Å²) in [5.41, 5.74) is 3.64. The predicted octanol–water partition coefficient (Wildman–Crippen LogP) is 5.42. The fourth-order valence-electron chi connectivity index (χ4n) is 4.16. The molecule has 1 amide bonds. The number of fused-ring (bicyclic) bond motifs is 3. The minimum atomic E-state index is -1.35. The van der Waals surface area contributed by atoms with Crippen LogP contribution < -0.4 is 0 Å². The highest BCUT2D eigenvalue weighted by molar-refractivity contribution is 9.10. The van der Waals surface area contributed by atoms with Crippen molar-refractivity contribution in [2.24, 2.45) is 0 Å². The summed E-state index contributed by atoms with van der Waals surface area (Å²) in [5, 5.41) is 10.1. The average Bonchev–Trinajstić information content (AvgIpc) is 3.10. The summed E-state index contributed by atoms with van der Waals surface area (Å²) in [7, 11) is 1.21. The number of benzene rings is 3. The molecular weight excluding hydrogens is 465 g/mol. The Balaban J connectivity index is 1.86. The van der Waals surface area contributed by atoms with E-state index in [2.05, 4.69) is 15.9 Å². The van der Waals surface area contributed by atoms with Gasteiger partial charge in [0.05, 0.1) is 13.2 Å². The van der Waals surface area contributed by atoms with Crippen LogP contribution in [0.1, 0.15) is 22.7 Å². The van der Waals surface area contributed by atoms with Crippen LogP contribution in [-0.4, -0.2) is 35.2 Å². The van der Waals surface area contributed by atoms with E-state index in [1.54, 1.807) is 0 Å². The van der Waals surface area contributed by atoms with Crippen LogP contribution in [0.4, 0.5) is 9.18 Å². The van der Waals surface area contributed by atoms with Crippen LogP contribution in [0.15, 0.2) is 71.2 Å². The molecule has 0 spiro atoms. The Labute approximate surface area is 187 Å². The van der Waals surface area contributed by atoms with Gasteiger partial charge in [0.2, 0.25) is 0 Å². The van der Waals surface area contributed by atoms with Gasteiger partial charge in [-0.1, -0.05) is 64.5 Å². The lowest BCUT2D eigenvalue weighted by Gasteiger charge is -2.34. The number of hydrogen-bond acceptors (Lipinski definition) is 3. The van der Waals surface area contributed by atoms with E-state index in [9.17, 15) is 19.1 Å². The first-order chi connectivity index (χ1) is 14.9.